The van der Waals surface area contributed by atoms with Crippen LogP contribution < -0.4 is 0 Å². The van der Waals surface area contributed by atoms with Crippen LogP contribution in [-0.2, 0) is 14.6 Å². The van der Waals surface area contributed by atoms with Crippen molar-refractivity contribution in [2.75, 3.05) is 13.4 Å². The van der Waals surface area contributed by atoms with Crippen molar-refractivity contribution in [3.8, 4) is 0 Å². The molecule has 0 amide bonds. The molecule has 0 N–H and O–H groups in total. The molecule has 0 atom stereocenters. The minimum atomic E-state index is -3.89. The monoisotopic (exact) mass is 264 g/mol. The van der Waals surface area contributed by atoms with Crippen LogP contribution in [0.1, 0.15) is 15.9 Å². The van der Waals surface area contributed by atoms with Crippen molar-refractivity contribution in [2.45, 2.75) is 11.8 Å². The molecule has 94 valence electrons. The lowest BCUT2D eigenvalue weighted by Crippen LogP contribution is -2.11. The molecule has 17 heavy (non-hydrogen) atoms. The maximum Gasteiger partial charge on any atom is 0.340 e. The van der Waals surface area contributed by atoms with E-state index >= 15 is 0 Å². The number of carbonyl (C=O) groups is 1. The van der Waals surface area contributed by atoms with Crippen molar-refractivity contribution >= 4 is 15.8 Å². The van der Waals surface area contributed by atoms with Gasteiger partial charge in [-0.2, -0.15) is 0 Å². The highest BCUT2D eigenvalue weighted by atomic mass is 32.2. The molecule has 0 saturated heterocycles. The number of esters is 1. The summed E-state index contributed by atoms with van der Waals surface area (Å²) in [5.41, 5.74) is -1.14. The predicted octanol–water partition coefficient (Wildman–Crippen LogP) is 1.46. The van der Waals surface area contributed by atoms with Crippen LogP contribution >= 0.6 is 0 Å². The van der Waals surface area contributed by atoms with Crippen molar-refractivity contribution in [3.05, 3.63) is 28.8 Å². The molecule has 4 nitrogen and oxygen atoms in total. The Morgan fingerprint density at radius 2 is 1.82 bits per heavy atom. The van der Waals surface area contributed by atoms with E-state index in [0.717, 1.165) is 20.3 Å². The smallest absolute Gasteiger partial charge is 0.340 e. The van der Waals surface area contributed by atoms with E-state index < -0.39 is 43.5 Å². The average Bonchev–Trinajstić information content (AvgIpc) is 2.23. The van der Waals surface area contributed by atoms with Gasteiger partial charge in [0.2, 0.25) is 0 Å². The molecule has 1 rings (SSSR count). The van der Waals surface area contributed by atoms with Gasteiger partial charge in [-0.05, 0) is 13.0 Å². The number of rotatable bonds is 2. The zero-order valence-electron chi connectivity index (χ0n) is 9.37. The molecule has 0 radical (unpaired) electrons. The van der Waals surface area contributed by atoms with E-state index in [1.807, 2.05) is 0 Å². The summed E-state index contributed by atoms with van der Waals surface area (Å²) in [5, 5.41) is 0. The lowest BCUT2D eigenvalue weighted by Gasteiger charge is -2.09. The Labute approximate surface area is 97.1 Å². The van der Waals surface area contributed by atoms with E-state index in [-0.39, 0.29) is 0 Å². The Hall–Kier alpha value is -1.50. The topological polar surface area (TPSA) is 60.4 Å². The number of methoxy groups -OCH3 is 1. The summed E-state index contributed by atoms with van der Waals surface area (Å²) in [7, 11) is -2.87. The molecular weight excluding hydrogens is 254 g/mol. The van der Waals surface area contributed by atoms with Crippen molar-refractivity contribution in [1.29, 1.82) is 0 Å². The van der Waals surface area contributed by atoms with Crippen LogP contribution in [0.5, 0.6) is 0 Å². The van der Waals surface area contributed by atoms with Crippen molar-refractivity contribution in [1.82, 2.24) is 0 Å². The van der Waals surface area contributed by atoms with Gasteiger partial charge in [0.05, 0.1) is 12.7 Å². The van der Waals surface area contributed by atoms with Crippen molar-refractivity contribution in [2.24, 2.45) is 0 Å². The van der Waals surface area contributed by atoms with E-state index in [4.69, 9.17) is 0 Å². The number of carbonyl (C=O) groups excluding carboxylic acids is 1. The van der Waals surface area contributed by atoms with Crippen LogP contribution in [0.3, 0.4) is 0 Å². The zero-order valence-corrected chi connectivity index (χ0v) is 10.2. The van der Waals surface area contributed by atoms with Crippen LogP contribution in [0, 0.1) is 18.6 Å². The third-order valence-corrected chi connectivity index (χ3v) is 3.29. The summed E-state index contributed by atoms with van der Waals surface area (Å²) in [5.74, 6) is -3.38. The fourth-order valence-corrected chi connectivity index (χ4v) is 2.08. The van der Waals surface area contributed by atoms with Crippen molar-refractivity contribution in [3.63, 3.8) is 0 Å². The van der Waals surface area contributed by atoms with Gasteiger partial charge in [0, 0.05) is 11.8 Å². The van der Waals surface area contributed by atoms with Gasteiger partial charge < -0.3 is 4.74 Å². The highest BCUT2D eigenvalue weighted by molar-refractivity contribution is 7.90. The maximum absolute atomic E-state index is 13.5. The van der Waals surface area contributed by atoms with Gasteiger partial charge in [0.15, 0.2) is 9.84 Å². The molecule has 0 aliphatic heterocycles. The fourth-order valence-electron chi connectivity index (χ4n) is 1.27. The zero-order chi connectivity index (χ0) is 13.4. The summed E-state index contributed by atoms with van der Waals surface area (Å²) < 4.78 is 53.9. The van der Waals surface area contributed by atoms with Crippen LogP contribution in [-0.4, -0.2) is 27.8 Å². The van der Waals surface area contributed by atoms with Crippen LogP contribution in [0.4, 0.5) is 8.78 Å². The molecular formula is C10H10F2O4S. The third kappa shape index (κ3) is 2.44. The standard InChI is InChI=1S/C10H10F2O4S/c1-5-8(11)6(10(13)16-2)4-7(9(5)12)17(3,14)15/h4H,1-3H3. The second-order valence-electron chi connectivity index (χ2n) is 3.44. The minimum Gasteiger partial charge on any atom is -0.465 e. The highest BCUT2D eigenvalue weighted by Gasteiger charge is 2.24. The number of hydrogen-bond donors (Lipinski definition) is 0. The quantitative estimate of drug-likeness (QED) is 0.599. The van der Waals surface area contributed by atoms with Crippen molar-refractivity contribution < 1.29 is 26.7 Å². The first kappa shape index (κ1) is 13.6. The second-order valence-corrected chi connectivity index (χ2v) is 5.42. The van der Waals surface area contributed by atoms with E-state index in [0.29, 0.717) is 6.07 Å². The molecule has 0 heterocycles. The molecule has 0 aromatic heterocycles. The van der Waals surface area contributed by atoms with Gasteiger partial charge >= 0.3 is 5.97 Å². The second kappa shape index (κ2) is 4.40. The normalized spacial score (nSPS) is 11.4. The fraction of sp³-hybridized carbons (Fsp3) is 0.300. The summed E-state index contributed by atoms with van der Waals surface area (Å²) in [6.07, 6.45) is 0.768. The first-order chi connectivity index (χ1) is 7.70. The van der Waals surface area contributed by atoms with Crippen LogP contribution in [0.2, 0.25) is 0 Å². The average molecular weight is 264 g/mol. The Bertz CT molecular complexity index is 578. The van der Waals surface area contributed by atoms with Gasteiger partial charge in [-0.3, -0.25) is 0 Å². The number of hydrogen-bond acceptors (Lipinski definition) is 4. The predicted molar refractivity (Wildman–Crippen MR) is 55.5 cm³/mol. The minimum absolute atomic E-state index is 0.534. The summed E-state index contributed by atoms with van der Waals surface area (Å²) in [6.45, 7) is 1.05. The first-order valence-electron chi connectivity index (χ1n) is 4.47. The van der Waals surface area contributed by atoms with Crippen LogP contribution in [0.15, 0.2) is 11.0 Å². The SMILES string of the molecule is COC(=O)c1cc(S(C)(=O)=O)c(F)c(C)c1F. The molecule has 1 aromatic carbocycles. The molecule has 0 aliphatic rings. The van der Waals surface area contributed by atoms with E-state index in [1.165, 1.54) is 0 Å². The molecule has 0 aliphatic carbocycles. The van der Waals surface area contributed by atoms with Crippen LogP contribution in [0.25, 0.3) is 0 Å². The lowest BCUT2D eigenvalue weighted by atomic mass is 10.1. The number of ether oxygens (including phenoxy) is 1. The molecule has 7 heteroatoms. The Morgan fingerprint density at radius 1 is 1.29 bits per heavy atom. The van der Waals surface area contributed by atoms with Gasteiger partial charge in [-0.25, -0.2) is 22.0 Å². The molecule has 0 spiro atoms. The van der Waals surface area contributed by atoms with E-state index in [9.17, 15) is 22.0 Å². The number of sulfone groups is 1. The van der Waals surface area contributed by atoms with Gasteiger partial charge in [0.25, 0.3) is 0 Å². The number of benzene rings is 1. The van der Waals surface area contributed by atoms with E-state index in [1.54, 1.807) is 0 Å². The summed E-state index contributed by atoms with van der Waals surface area (Å²) in [6, 6.07) is 0.638. The maximum atomic E-state index is 13.5. The molecule has 0 bridgehead atoms. The number of halogens is 2. The molecule has 0 fully saturated rings. The van der Waals surface area contributed by atoms with Gasteiger partial charge in [-0.1, -0.05) is 0 Å². The van der Waals surface area contributed by atoms with E-state index in [2.05, 4.69) is 4.74 Å². The van der Waals surface area contributed by atoms with Gasteiger partial charge in [0.1, 0.15) is 16.5 Å². The Kier molecular flexibility index (Phi) is 3.51. The third-order valence-electron chi connectivity index (χ3n) is 2.19. The summed E-state index contributed by atoms with van der Waals surface area (Å²) >= 11 is 0. The first-order valence-corrected chi connectivity index (χ1v) is 6.36. The molecule has 0 saturated carbocycles. The Morgan fingerprint density at radius 3 is 2.24 bits per heavy atom. The largest absolute Gasteiger partial charge is 0.465 e. The van der Waals surface area contributed by atoms with Gasteiger partial charge in [-0.15, -0.1) is 0 Å². The highest BCUT2D eigenvalue weighted by Crippen LogP contribution is 2.24. The molecule has 1 aromatic rings. The molecule has 0 unspecified atom stereocenters. The lowest BCUT2D eigenvalue weighted by molar-refractivity contribution is 0.0594. The Balaban J connectivity index is 3.68. The summed E-state index contributed by atoms with van der Waals surface area (Å²) in [4.78, 5) is 10.5.